The molecule has 12 nitrogen and oxygen atoms in total. The molecule has 3 aliphatic rings. The minimum Gasteiger partial charge on any atom is -0.374 e. The van der Waals surface area contributed by atoms with Crippen molar-refractivity contribution in [2.75, 3.05) is 19.0 Å². The quantitative estimate of drug-likeness (QED) is 0.376. The number of ether oxygens (including phenoxy) is 2. The van der Waals surface area contributed by atoms with Crippen LogP contribution >= 0.6 is 8.53 Å². The van der Waals surface area contributed by atoms with E-state index < -0.39 is 38.1 Å². The van der Waals surface area contributed by atoms with Crippen molar-refractivity contribution >= 4 is 31.5 Å². The van der Waals surface area contributed by atoms with E-state index in [1.165, 1.54) is 6.33 Å². The number of methoxy groups -OCH3 is 1. The van der Waals surface area contributed by atoms with E-state index in [1.807, 2.05) is 25.1 Å². The molecule has 0 aliphatic carbocycles. The number of nitrogens with zero attached hydrogens (tertiary/aromatic N) is 4. The van der Waals surface area contributed by atoms with Crippen molar-refractivity contribution in [2.45, 2.75) is 83.1 Å². The molecule has 13 heteroatoms. The summed E-state index contributed by atoms with van der Waals surface area (Å²) in [7, 11) is 0.243. The molecule has 3 aromatic rings. The van der Waals surface area contributed by atoms with Crippen LogP contribution in [0.3, 0.4) is 0 Å². The summed E-state index contributed by atoms with van der Waals surface area (Å²) in [4.78, 5) is 36.5. The molecule has 7 atom stereocenters. The van der Waals surface area contributed by atoms with E-state index in [0.717, 1.165) is 24.9 Å². The standard InChI is InChI=1S/C28H37N6O6P/c1-6-18-21(39-41-34-14-10-13-19(34)28(4,40-41)17-11-8-7-9-12-17)22(37-5)26(38-18)33-15-29-20-23(33)30-27(32-25(20)36)31-24(35)16(2)3/h7-9,11-12,15-16,18-19,21-22,26H,6,10,13-14H2,1-5H3,(H2,30,31,32,35,36)/t18-,19-,21?,22+,26-,28+,41-/m1/s1. The number of aromatic nitrogens is 4. The van der Waals surface area contributed by atoms with Crippen LogP contribution in [0.15, 0.2) is 41.5 Å². The van der Waals surface area contributed by atoms with Gasteiger partial charge in [-0.1, -0.05) is 51.1 Å². The maximum atomic E-state index is 12.8. The van der Waals surface area contributed by atoms with Crippen molar-refractivity contribution in [1.29, 1.82) is 0 Å². The number of aromatic amines is 1. The fourth-order valence-electron chi connectivity index (χ4n) is 6.05. The number of fused-ring (bicyclic) bond motifs is 2. The lowest BCUT2D eigenvalue weighted by Crippen LogP contribution is -2.37. The molecule has 5 heterocycles. The van der Waals surface area contributed by atoms with E-state index in [0.29, 0.717) is 6.42 Å². The third-order valence-electron chi connectivity index (χ3n) is 8.33. The van der Waals surface area contributed by atoms with Crippen LogP contribution in [0.4, 0.5) is 5.95 Å². The summed E-state index contributed by atoms with van der Waals surface area (Å²) in [5.74, 6) is -0.483. The Kier molecular flexibility index (Phi) is 7.73. The molecule has 6 rings (SSSR count). The topological polar surface area (TPSA) is 133 Å². The first kappa shape index (κ1) is 28.4. The normalized spacial score (nSPS) is 31.8. The maximum absolute atomic E-state index is 12.8. The van der Waals surface area contributed by atoms with E-state index >= 15 is 0 Å². The Bertz CT molecular complexity index is 1470. The summed E-state index contributed by atoms with van der Waals surface area (Å²) >= 11 is 0. The average Bonchev–Trinajstić information content (AvgIpc) is 3.73. The van der Waals surface area contributed by atoms with Crippen LogP contribution in [0.1, 0.15) is 58.7 Å². The number of hydrogen-bond donors (Lipinski definition) is 2. The number of carbonyl (C=O) groups excluding carboxylic acids is 1. The molecular formula is C28H37N6O6P. The Morgan fingerprint density at radius 1 is 1.29 bits per heavy atom. The highest BCUT2D eigenvalue weighted by molar-refractivity contribution is 7.45. The first-order valence-corrected chi connectivity index (χ1v) is 15.3. The minimum absolute atomic E-state index is 0.0536. The monoisotopic (exact) mass is 584 g/mol. The van der Waals surface area contributed by atoms with Gasteiger partial charge < -0.3 is 18.5 Å². The zero-order chi connectivity index (χ0) is 28.9. The summed E-state index contributed by atoms with van der Waals surface area (Å²) in [5.41, 5.74) is 0.639. The number of benzene rings is 1. The Hall–Kier alpha value is -2.73. The number of anilines is 1. The van der Waals surface area contributed by atoms with Gasteiger partial charge in [0.2, 0.25) is 11.9 Å². The fraction of sp³-hybridized carbons (Fsp3) is 0.571. The van der Waals surface area contributed by atoms with Gasteiger partial charge in [0, 0.05) is 19.6 Å². The molecule has 3 fully saturated rings. The van der Waals surface area contributed by atoms with E-state index in [1.54, 1.807) is 25.5 Å². The van der Waals surface area contributed by atoms with E-state index in [9.17, 15) is 9.59 Å². The second kappa shape index (κ2) is 11.2. The molecule has 2 N–H and O–H groups in total. The Labute approximate surface area is 239 Å². The number of hydrogen-bond acceptors (Lipinski definition) is 9. The Morgan fingerprint density at radius 3 is 2.78 bits per heavy atom. The van der Waals surface area contributed by atoms with E-state index in [-0.39, 0.29) is 41.1 Å². The third kappa shape index (κ3) is 4.90. The van der Waals surface area contributed by atoms with Gasteiger partial charge in [0.25, 0.3) is 14.1 Å². The van der Waals surface area contributed by atoms with Crippen molar-refractivity contribution in [3.63, 3.8) is 0 Å². The number of rotatable bonds is 8. The molecule has 1 aromatic carbocycles. The van der Waals surface area contributed by atoms with Gasteiger partial charge >= 0.3 is 0 Å². The predicted octanol–water partition coefficient (Wildman–Crippen LogP) is 4.06. The molecule has 0 saturated carbocycles. The Morgan fingerprint density at radius 2 is 2.07 bits per heavy atom. The first-order chi connectivity index (χ1) is 19.7. The number of nitrogens with one attached hydrogen (secondary N) is 2. The lowest BCUT2D eigenvalue weighted by atomic mass is 9.87. The summed E-state index contributed by atoms with van der Waals surface area (Å²) < 4.78 is 30.2. The van der Waals surface area contributed by atoms with Crippen LogP contribution in [-0.2, 0) is 28.9 Å². The van der Waals surface area contributed by atoms with Crippen LogP contribution in [-0.4, -0.2) is 68.1 Å². The van der Waals surface area contributed by atoms with Gasteiger partial charge in [-0.25, -0.2) is 9.65 Å². The summed E-state index contributed by atoms with van der Waals surface area (Å²) in [6.07, 6.45) is 2.43. The molecule has 41 heavy (non-hydrogen) atoms. The molecule has 1 amide bonds. The number of H-pyrrole nitrogens is 1. The molecule has 1 unspecified atom stereocenters. The predicted molar refractivity (Wildman–Crippen MR) is 153 cm³/mol. The number of carbonyl (C=O) groups is 1. The summed E-state index contributed by atoms with van der Waals surface area (Å²) in [6.45, 7) is 8.64. The van der Waals surface area contributed by atoms with Gasteiger partial charge in [-0.15, -0.1) is 0 Å². The smallest absolute Gasteiger partial charge is 0.280 e. The van der Waals surface area contributed by atoms with Crippen molar-refractivity contribution in [3.8, 4) is 0 Å². The molecule has 2 aromatic heterocycles. The average molecular weight is 585 g/mol. The van der Waals surface area contributed by atoms with Crippen LogP contribution in [0.25, 0.3) is 11.2 Å². The molecule has 3 saturated heterocycles. The Balaban J connectivity index is 1.29. The van der Waals surface area contributed by atoms with Crippen LogP contribution in [0.5, 0.6) is 0 Å². The SMILES string of the molecule is CC[C@H]1O[C@@H](n2cnc3c(=O)[nH]c(NC(=O)C(C)C)nc32)[C@@H](OC)C1O[P@]1O[C@@](C)(c2ccccc2)[C@H]2CCCN21. The van der Waals surface area contributed by atoms with Crippen molar-refractivity contribution in [1.82, 2.24) is 24.2 Å². The van der Waals surface area contributed by atoms with Gasteiger partial charge in [-0.3, -0.25) is 24.5 Å². The third-order valence-corrected chi connectivity index (χ3v) is 10.2. The van der Waals surface area contributed by atoms with Crippen LogP contribution < -0.4 is 10.9 Å². The molecule has 220 valence electrons. The first-order valence-electron chi connectivity index (χ1n) is 14.2. The van der Waals surface area contributed by atoms with Gasteiger partial charge in [-0.05, 0) is 31.7 Å². The lowest BCUT2D eigenvalue weighted by Gasteiger charge is -2.29. The van der Waals surface area contributed by atoms with E-state index in [4.69, 9.17) is 18.5 Å². The molecule has 3 aliphatic heterocycles. The lowest BCUT2D eigenvalue weighted by molar-refractivity contribution is -0.118. The molecular weight excluding hydrogens is 547 g/mol. The maximum Gasteiger partial charge on any atom is 0.280 e. The largest absolute Gasteiger partial charge is 0.374 e. The second-order valence-corrected chi connectivity index (χ2v) is 12.6. The van der Waals surface area contributed by atoms with Crippen molar-refractivity contribution < 1.29 is 23.3 Å². The fourth-order valence-corrected chi connectivity index (χ4v) is 8.21. The van der Waals surface area contributed by atoms with Crippen LogP contribution in [0.2, 0.25) is 0 Å². The van der Waals surface area contributed by atoms with Gasteiger partial charge in [0.1, 0.15) is 17.8 Å². The van der Waals surface area contributed by atoms with Crippen molar-refractivity contribution in [3.05, 3.63) is 52.6 Å². The van der Waals surface area contributed by atoms with Gasteiger partial charge in [-0.2, -0.15) is 4.98 Å². The molecule has 0 bridgehead atoms. The summed E-state index contributed by atoms with van der Waals surface area (Å²) in [5, 5.41) is 2.66. The van der Waals surface area contributed by atoms with Crippen molar-refractivity contribution in [2.24, 2.45) is 5.92 Å². The zero-order valence-electron chi connectivity index (χ0n) is 23.9. The minimum atomic E-state index is -1.38. The highest BCUT2D eigenvalue weighted by Gasteiger charge is 2.57. The van der Waals surface area contributed by atoms with Gasteiger partial charge in [0.15, 0.2) is 17.4 Å². The van der Waals surface area contributed by atoms with Crippen LogP contribution in [0, 0.1) is 5.92 Å². The van der Waals surface area contributed by atoms with Gasteiger partial charge in [0.05, 0.1) is 18.5 Å². The summed E-state index contributed by atoms with van der Waals surface area (Å²) in [6, 6.07) is 10.6. The van der Waals surface area contributed by atoms with E-state index in [2.05, 4.69) is 44.0 Å². The second-order valence-electron chi connectivity index (χ2n) is 11.2. The highest BCUT2D eigenvalue weighted by Crippen LogP contribution is 2.64. The number of imidazole rings is 1. The zero-order valence-corrected chi connectivity index (χ0v) is 24.8. The highest BCUT2D eigenvalue weighted by atomic mass is 31.2. The molecule has 0 radical (unpaired) electrons. The molecule has 0 spiro atoms. The number of amides is 1.